The Morgan fingerprint density at radius 2 is 1.86 bits per heavy atom. The van der Waals surface area contributed by atoms with Crippen LogP contribution in [0.4, 0.5) is 5.69 Å². The number of carbonyl (C=O) groups excluding carboxylic acids is 2. The van der Waals surface area contributed by atoms with Gasteiger partial charge in [0.2, 0.25) is 5.96 Å². The summed E-state index contributed by atoms with van der Waals surface area (Å²) in [5.41, 5.74) is 1.69. The number of ether oxygens (including phenoxy) is 2. The number of rotatable bonds is 6. The van der Waals surface area contributed by atoms with Crippen molar-refractivity contribution >= 4 is 23.5 Å². The molecule has 0 spiro atoms. The van der Waals surface area contributed by atoms with Gasteiger partial charge in [-0.25, -0.2) is 9.79 Å². The second-order valence-corrected chi connectivity index (χ2v) is 6.57. The molecule has 2 aromatic carbocycles. The molecule has 7 nitrogen and oxygen atoms in total. The molecular weight excluding hydrogens is 370 g/mol. The minimum Gasteiger partial charge on any atom is -0.462 e. The Morgan fingerprint density at radius 3 is 2.52 bits per heavy atom. The second kappa shape index (κ2) is 10.4. The van der Waals surface area contributed by atoms with Crippen LogP contribution in [0.1, 0.15) is 40.5 Å². The molecule has 29 heavy (non-hydrogen) atoms. The van der Waals surface area contributed by atoms with E-state index in [1.165, 1.54) is 0 Å². The zero-order chi connectivity index (χ0) is 20.5. The molecular formula is C22H25N3O4. The molecule has 1 heterocycles. The van der Waals surface area contributed by atoms with Crippen molar-refractivity contribution < 1.29 is 19.1 Å². The van der Waals surface area contributed by atoms with E-state index in [9.17, 15) is 9.59 Å². The maximum Gasteiger partial charge on any atom is 0.338 e. The van der Waals surface area contributed by atoms with Gasteiger partial charge >= 0.3 is 5.97 Å². The van der Waals surface area contributed by atoms with Crippen molar-refractivity contribution in [2.45, 2.75) is 25.9 Å². The first-order chi connectivity index (χ1) is 14.2. The number of amides is 1. The van der Waals surface area contributed by atoms with E-state index in [1.54, 1.807) is 55.5 Å². The molecule has 0 saturated carbocycles. The Morgan fingerprint density at radius 1 is 1.10 bits per heavy atom. The van der Waals surface area contributed by atoms with Crippen LogP contribution >= 0.6 is 0 Å². The number of nitrogens with zero attached hydrogens (tertiary/aromatic N) is 1. The summed E-state index contributed by atoms with van der Waals surface area (Å²) in [6.07, 6.45) is 2.04. The highest BCUT2D eigenvalue weighted by Crippen LogP contribution is 2.13. The van der Waals surface area contributed by atoms with Gasteiger partial charge in [0.05, 0.1) is 24.8 Å². The van der Waals surface area contributed by atoms with Crippen molar-refractivity contribution in [2.24, 2.45) is 4.99 Å². The highest BCUT2D eigenvalue weighted by Gasteiger charge is 2.16. The number of guanidine groups is 1. The van der Waals surface area contributed by atoms with Crippen molar-refractivity contribution in [2.75, 3.05) is 25.1 Å². The summed E-state index contributed by atoms with van der Waals surface area (Å²) in [5.74, 6) is -0.297. The lowest BCUT2D eigenvalue weighted by Gasteiger charge is -2.13. The number of carbonyl (C=O) groups is 2. The fourth-order valence-electron chi connectivity index (χ4n) is 2.90. The predicted molar refractivity (Wildman–Crippen MR) is 111 cm³/mol. The maximum absolute atomic E-state index is 12.5. The van der Waals surface area contributed by atoms with Gasteiger partial charge in [-0.05, 0) is 56.2 Å². The Labute approximate surface area is 170 Å². The van der Waals surface area contributed by atoms with E-state index in [0.717, 1.165) is 19.4 Å². The number of esters is 1. The second-order valence-electron chi connectivity index (χ2n) is 6.57. The molecule has 0 unspecified atom stereocenters. The minimum absolute atomic E-state index is 0.0617. The fraction of sp³-hybridized carbons (Fsp3) is 0.318. The van der Waals surface area contributed by atoms with Gasteiger partial charge in [-0.2, -0.15) is 0 Å². The van der Waals surface area contributed by atoms with Gasteiger partial charge in [0, 0.05) is 17.9 Å². The van der Waals surface area contributed by atoms with E-state index in [0.29, 0.717) is 35.9 Å². The van der Waals surface area contributed by atoms with Crippen LogP contribution in [0, 0.1) is 0 Å². The molecule has 3 rings (SSSR count). The molecule has 0 radical (unpaired) electrons. The lowest BCUT2D eigenvalue weighted by molar-refractivity contribution is 0.0526. The predicted octanol–water partition coefficient (Wildman–Crippen LogP) is 3.24. The number of benzene rings is 2. The molecule has 1 fully saturated rings. The average Bonchev–Trinajstić information content (AvgIpc) is 3.27. The van der Waals surface area contributed by atoms with E-state index in [4.69, 9.17) is 9.47 Å². The summed E-state index contributed by atoms with van der Waals surface area (Å²) in [6, 6.07) is 15.7. The molecule has 1 saturated heterocycles. The summed E-state index contributed by atoms with van der Waals surface area (Å²) in [4.78, 5) is 28.8. The zero-order valence-electron chi connectivity index (χ0n) is 16.4. The van der Waals surface area contributed by atoms with Crippen LogP contribution in [0.15, 0.2) is 59.6 Å². The largest absolute Gasteiger partial charge is 0.462 e. The SMILES string of the molecule is CCOC(=O)c1ccc(NC(=NC[C@H]2CCCO2)NC(=O)c2ccccc2)cc1. The topological polar surface area (TPSA) is 89.0 Å². The van der Waals surface area contributed by atoms with Crippen molar-refractivity contribution in [3.63, 3.8) is 0 Å². The molecule has 0 aromatic heterocycles. The third-order valence-electron chi connectivity index (χ3n) is 4.40. The van der Waals surface area contributed by atoms with Crippen LogP contribution in [0.2, 0.25) is 0 Å². The highest BCUT2D eigenvalue weighted by atomic mass is 16.5. The van der Waals surface area contributed by atoms with Gasteiger partial charge in [-0.1, -0.05) is 18.2 Å². The Bertz CT molecular complexity index is 844. The van der Waals surface area contributed by atoms with Gasteiger partial charge < -0.3 is 14.8 Å². The number of hydrogen-bond donors (Lipinski definition) is 2. The first-order valence-electron chi connectivity index (χ1n) is 9.72. The van der Waals surface area contributed by atoms with Crippen molar-refractivity contribution in [3.8, 4) is 0 Å². The first-order valence-corrected chi connectivity index (χ1v) is 9.72. The van der Waals surface area contributed by atoms with Gasteiger partial charge in [0.15, 0.2) is 0 Å². The van der Waals surface area contributed by atoms with Crippen LogP contribution in [0.25, 0.3) is 0 Å². The molecule has 0 bridgehead atoms. The van der Waals surface area contributed by atoms with E-state index < -0.39 is 0 Å². The number of anilines is 1. The maximum atomic E-state index is 12.5. The molecule has 152 valence electrons. The Kier molecular flexibility index (Phi) is 7.35. The molecule has 1 aliphatic rings. The van der Waals surface area contributed by atoms with Crippen LogP contribution in [0.3, 0.4) is 0 Å². The van der Waals surface area contributed by atoms with Crippen molar-refractivity contribution in [1.29, 1.82) is 0 Å². The third kappa shape index (κ3) is 6.15. The molecule has 2 N–H and O–H groups in total. The number of hydrogen-bond acceptors (Lipinski definition) is 5. The monoisotopic (exact) mass is 395 g/mol. The van der Waals surface area contributed by atoms with Gasteiger partial charge in [-0.3, -0.25) is 10.1 Å². The quantitative estimate of drug-likeness (QED) is 0.445. The normalized spacial score (nSPS) is 16.3. The van der Waals surface area contributed by atoms with Crippen LogP contribution in [-0.2, 0) is 9.47 Å². The highest BCUT2D eigenvalue weighted by molar-refractivity contribution is 6.10. The third-order valence-corrected chi connectivity index (χ3v) is 4.40. The van der Waals surface area contributed by atoms with Gasteiger partial charge in [-0.15, -0.1) is 0 Å². The standard InChI is InChI=1S/C22H25N3O4/c1-2-28-21(27)17-10-12-18(13-11-17)24-22(23-15-19-9-6-14-29-19)25-20(26)16-7-4-3-5-8-16/h3-5,7-8,10-13,19H,2,6,9,14-15H2,1H3,(H2,23,24,25,26)/t19-/m1/s1. The number of nitrogens with one attached hydrogen (secondary N) is 2. The minimum atomic E-state index is -0.372. The summed E-state index contributed by atoms with van der Waals surface area (Å²) < 4.78 is 10.6. The van der Waals surface area contributed by atoms with E-state index in [1.807, 2.05) is 6.07 Å². The molecule has 7 heteroatoms. The van der Waals surface area contributed by atoms with E-state index in [-0.39, 0.29) is 18.0 Å². The van der Waals surface area contributed by atoms with Gasteiger partial charge in [0.25, 0.3) is 5.91 Å². The summed E-state index contributed by atoms with van der Waals surface area (Å²) >= 11 is 0. The van der Waals surface area contributed by atoms with Crippen LogP contribution in [0.5, 0.6) is 0 Å². The number of aliphatic imine (C=N–C) groups is 1. The molecule has 1 aliphatic heterocycles. The average molecular weight is 395 g/mol. The van der Waals surface area contributed by atoms with Crippen molar-refractivity contribution in [3.05, 3.63) is 65.7 Å². The lowest BCUT2D eigenvalue weighted by atomic mass is 10.2. The lowest BCUT2D eigenvalue weighted by Crippen LogP contribution is -2.36. The molecule has 1 atom stereocenters. The Hall–Kier alpha value is -3.19. The molecule has 0 aliphatic carbocycles. The van der Waals surface area contributed by atoms with Crippen LogP contribution in [-0.4, -0.2) is 43.7 Å². The summed E-state index contributed by atoms with van der Waals surface area (Å²) in [6.45, 7) is 3.29. The van der Waals surface area contributed by atoms with Crippen LogP contribution < -0.4 is 10.6 Å². The van der Waals surface area contributed by atoms with E-state index >= 15 is 0 Å². The molecule has 2 aromatic rings. The Balaban J connectivity index is 1.71. The first kappa shape index (κ1) is 20.5. The summed E-state index contributed by atoms with van der Waals surface area (Å²) in [7, 11) is 0. The molecule has 1 amide bonds. The van der Waals surface area contributed by atoms with Crippen molar-refractivity contribution in [1.82, 2.24) is 5.32 Å². The van der Waals surface area contributed by atoms with Gasteiger partial charge in [0.1, 0.15) is 0 Å². The fourth-order valence-corrected chi connectivity index (χ4v) is 2.90. The smallest absolute Gasteiger partial charge is 0.338 e. The zero-order valence-corrected chi connectivity index (χ0v) is 16.4. The van der Waals surface area contributed by atoms with E-state index in [2.05, 4.69) is 15.6 Å². The summed E-state index contributed by atoms with van der Waals surface area (Å²) in [5, 5.41) is 5.93.